The molecule has 0 unspecified atom stereocenters. The molecule has 0 aliphatic carbocycles. The van der Waals surface area contributed by atoms with Crippen LogP contribution < -0.4 is 4.90 Å². The van der Waals surface area contributed by atoms with Gasteiger partial charge in [0.2, 0.25) is 0 Å². The van der Waals surface area contributed by atoms with Crippen molar-refractivity contribution in [3.63, 3.8) is 0 Å². The number of nitriles is 1. The van der Waals surface area contributed by atoms with Crippen LogP contribution in [0.4, 0.5) is 21.5 Å². The lowest BCUT2D eigenvalue weighted by molar-refractivity contribution is 0.628. The van der Waals surface area contributed by atoms with E-state index in [2.05, 4.69) is 102 Å². The summed E-state index contributed by atoms with van der Waals surface area (Å²) in [6.45, 7) is 0. The lowest BCUT2D eigenvalue weighted by atomic mass is 9.91. The number of halogens is 1. The number of benzene rings is 7. The molecule has 0 radical (unpaired) electrons. The fourth-order valence-corrected chi connectivity index (χ4v) is 5.94. The van der Waals surface area contributed by atoms with Crippen LogP contribution in [0.5, 0.6) is 0 Å². The summed E-state index contributed by atoms with van der Waals surface area (Å²) < 4.78 is 14.6. The van der Waals surface area contributed by atoms with E-state index in [1.807, 2.05) is 54.6 Å². The van der Waals surface area contributed by atoms with Gasteiger partial charge in [-0.25, -0.2) is 4.39 Å². The minimum atomic E-state index is -0.384. The zero-order valence-corrected chi connectivity index (χ0v) is 23.9. The van der Waals surface area contributed by atoms with Crippen LogP contribution in [0.2, 0.25) is 0 Å². The monoisotopic (exact) mass is 566 g/mol. The number of hydrogen-bond donors (Lipinski definition) is 0. The van der Waals surface area contributed by atoms with Gasteiger partial charge in [0.25, 0.3) is 0 Å². The molecule has 0 spiro atoms. The largest absolute Gasteiger partial charge is 0.309 e. The second-order valence-corrected chi connectivity index (χ2v) is 10.6. The minimum absolute atomic E-state index is 0.384. The lowest BCUT2D eigenvalue weighted by Crippen LogP contribution is -2.12. The summed E-state index contributed by atoms with van der Waals surface area (Å²) in [5.41, 5.74) is 9.04. The van der Waals surface area contributed by atoms with Gasteiger partial charge >= 0.3 is 0 Å². The zero-order chi connectivity index (χ0) is 29.9. The van der Waals surface area contributed by atoms with E-state index in [0.29, 0.717) is 11.1 Å². The molecule has 0 atom stereocenters. The standard InChI is InChI=1S/C41H27FN2/c42-33-24-23-31(28-43)38(27-33)36-19-10-11-21-40(36)44(34-17-8-3-9-18-34)41-22-12-20-35-37(30-15-6-2-7-16-30)25-32(26-39(35)41)29-13-4-1-5-14-29/h1-27H. The fraction of sp³-hybridized carbons (Fsp3) is 0. The third kappa shape index (κ3) is 5.00. The molecule has 3 heteroatoms. The number of anilines is 3. The van der Waals surface area contributed by atoms with E-state index in [1.54, 1.807) is 6.07 Å². The topological polar surface area (TPSA) is 27.0 Å². The third-order valence-corrected chi connectivity index (χ3v) is 7.96. The van der Waals surface area contributed by atoms with Crippen molar-refractivity contribution in [2.75, 3.05) is 4.90 Å². The molecule has 0 N–H and O–H groups in total. The molecule has 0 aliphatic heterocycles. The van der Waals surface area contributed by atoms with Gasteiger partial charge in [0.15, 0.2) is 0 Å². The maximum absolute atomic E-state index is 14.6. The highest BCUT2D eigenvalue weighted by Gasteiger charge is 2.21. The van der Waals surface area contributed by atoms with Crippen LogP contribution in [0.25, 0.3) is 44.2 Å². The normalized spacial score (nSPS) is 10.8. The Balaban J connectivity index is 1.56. The Labute approximate surface area is 256 Å². The molecule has 44 heavy (non-hydrogen) atoms. The number of para-hydroxylation sites is 2. The van der Waals surface area contributed by atoms with Crippen LogP contribution in [0.3, 0.4) is 0 Å². The van der Waals surface area contributed by atoms with Gasteiger partial charge < -0.3 is 4.90 Å². The molecule has 7 rings (SSSR count). The Morgan fingerprint density at radius 2 is 1.09 bits per heavy atom. The maximum Gasteiger partial charge on any atom is 0.123 e. The predicted molar refractivity (Wildman–Crippen MR) is 180 cm³/mol. The second-order valence-electron chi connectivity index (χ2n) is 10.6. The lowest BCUT2D eigenvalue weighted by Gasteiger charge is -2.29. The first-order valence-corrected chi connectivity index (χ1v) is 14.5. The van der Waals surface area contributed by atoms with Crippen molar-refractivity contribution in [1.82, 2.24) is 0 Å². The van der Waals surface area contributed by atoms with E-state index >= 15 is 0 Å². The minimum Gasteiger partial charge on any atom is -0.309 e. The van der Waals surface area contributed by atoms with Crippen LogP contribution in [0.15, 0.2) is 164 Å². The summed E-state index contributed by atoms with van der Waals surface area (Å²) in [7, 11) is 0. The van der Waals surface area contributed by atoms with E-state index in [4.69, 9.17) is 0 Å². The molecule has 7 aromatic carbocycles. The molecule has 0 aromatic heterocycles. The first kappa shape index (κ1) is 26.9. The zero-order valence-electron chi connectivity index (χ0n) is 23.9. The van der Waals surface area contributed by atoms with Crippen LogP contribution in [0, 0.1) is 17.1 Å². The van der Waals surface area contributed by atoms with Crippen LogP contribution in [-0.4, -0.2) is 0 Å². The molecular formula is C41H27FN2. The van der Waals surface area contributed by atoms with Gasteiger partial charge in [-0.15, -0.1) is 0 Å². The third-order valence-electron chi connectivity index (χ3n) is 7.96. The van der Waals surface area contributed by atoms with Crippen molar-refractivity contribution in [2.45, 2.75) is 0 Å². The van der Waals surface area contributed by atoms with Crippen LogP contribution in [0.1, 0.15) is 5.56 Å². The van der Waals surface area contributed by atoms with E-state index in [9.17, 15) is 9.65 Å². The van der Waals surface area contributed by atoms with Gasteiger partial charge in [0.1, 0.15) is 5.82 Å². The predicted octanol–water partition coefficient (Wildman–Crippen LogP) is 11.3. The molecule has 0 saturated heterocycles. The van der Waals surface area contributed by atoms with Crippen LogP contribution in [-0.2, 0) is 0 Å². The van der Waals surface area contributed by atoms with Crippen molar-refractivity contribution in [2.24, 2.45) is 0 Å². The van der Waals surface area contributed by atoms with Gasteiger partial charge in [-0.1, -0.05) is 109 Å². The van der Waals surface area contributed by atoms with Gasteiger partial charge in [-0.05, 0) is 82.2 Å². The smallest absolute Gasteiger partial charge is 0.123 e. The maximum atomic E-state index is 14.6. The summed E-state index contributed by atoms with van der Waals surface area (Å²) in [5.74, 6) is -0.384. The highest BCUT2D eigenvalue weighted by atomic mass is 19.1. The van der Waals surface area contributed by atoms with Gasteiger partial charge in [-0.2, -0.15) is 5.26 Å². The number of hydrogen-bond acceptors (Lipinski definition) is 2. The van der Waals surface area contributed by atoms with Gasteiger partial charge in [-0.3, -0.25) is 0 Å². The van der Waals surface area contributed by atoms with Crippen molar-refractivity contribution in [3.05, 3.63) is 175 Å². The molecule has 208 valence electrons. The van der Waals surface area contributed by atoms with Crippen LogP contribution >= 0.6 is 0 Å². The van der Waals surface area contributed by atoms with E-state index in [-0.39, 0.29) is 5.82 Å². The molecule has 0 bridgehead atoms. The summed E-state index contributed by atoms with van der Waals surface area (Å²) in [5, 5.41) is 12.2. The Bertz CT molecular complexity index is 2130. The van der Waals surface area contributed by atoms with Crippen molar-refractivity contribution in [1.29, 1.82) is 5.26 Å². The number of rotatable bonds is 6. The molecule has 0 saturated carbocycles. The van der Waals surface area contributed by atoms with Gasteiger partial charge in [0.05, 0.1) is 23.0 Å². The quantitative estimate of drug-likeness (QED) is 0.200. The molecule has 2 nitrogen and oxygen atoms in total. The Hall–Kier alpha value is -5.98. The van der Waals surface area contributed by atoms with E-state index < -0.39 is 0 Å². The molecule has 0 aliphatic rings. The average molecular weight is 567 g/mol. The summed E-state index contributed by atoms with van der Waals surface area (Å²) in [4.78, 5) is 2.22. The Morgan fingerprint density at radius 3 is 1.82 bits per heavy atom. The Morgan fingerprint density at radius 1 is 0.455 bits per heavy atom. The average Bonchev–Trinajstić information content (AvgIpc) is 3.09. The van der Waals surface area contributed by atoms with Gasteiger partial charge in [0, 0.05) is 22.2 Å². The summed E-state index contributed by atoms with van der Waals surface area (Å²) in [6, 6.07) is 56.5. The second kappa shape index (κ2) is 11.7. The van der Waals surface area contributed by atoms with Crippen molar-refractivity contribution in [3.8, 4) is 39.4 Å². The number of nitrogens with zero attached hydrogens (tertiary/aromatic N) is 2. The summed E-state index contributed by atoms with van der Waals surface area (Å²) in [6.07, 6.45) is 0. The number of fused-ring (bicyclic) bond motifs is 1. The first-order valence-electron chi connectivity index (χ1n) is 14.5. The van der Waals surface area contributed by atoms with Crippen molar-refractivity contribution < 1.29 is 4.39 Å². The van der Waals surface area contributed by atoms with E-state index in [0.717, 1.165) is 55.7 Å². The van der Waals surface area contributed by atoms with E-state index in [1.165, 1.54) is 12.1 Å². The highest BCUT2D eigenvalue weighted by Crippen LogP contribution is 2.46. The molecule has 0 heterocycles. The molecule has 7 aromatic rings. The first-order chi connectivity index (χ1) is 21.7. The SMILES string of the molecule is N#Cc1ccc(F)cc1-c1ccccc1N(c1ccccc1)c1cccc2c(-c3ccccc3)cc(-c3ccccc3)cc12. The molecular weight excluding hydrogens is 539 g/mol. The molecule has 0 amide bonds. The fourth-order valence-electron chi connectivity index (χ4n) is 5.94. The molecule has 0 fully saturated rings. The highest BCUT2D eigenvalue weighted by molar-refractivity contribution is 6.08. The van der Waals surface area contributed by atoms with Crippen molar-refractivity contribution >= 4 is 27.8 Å². The Kier molecular flexibility index (Phi) is 7.16. The summed E-state index contributed by atoms with van der Waals surface area (Å²) >= 11 is 0.